The van der Waals surface area contributed by atoms with Crippen LogP contribution in [0.3, 0.4) is 0 Å². The van der Waals surface area contributed by atoms with Crippen LogP contribution in [0.2, 0.25) is 0 Å². The van der Waals surface area contributed by atoms with E-state index in [2.05, 4.69) is 124 Å². The van der Waals surface area contributed by atoms with Crippen molar-refractivity contribution >= 4 is 0 Å². The average molecular weight is 1150 g/mol. The number of rotatable bonds is 3. The lowest BCUT2D eigenvalue weighted by molar-refractivity contribution is -0.0376. The maximum absolute atomic E-state index is 12.1. The minimum absolute atomic E-state index is 0.171. The number of aryl methyl sites for hydroxylation is 6. The van der Waals surface area contributed by atoms with Crippen LogP contribution < -0.4 is 0 Å². The van der Waals surface area contributed by atoms with Crippen LogP contribution in [0.5, 0.6) is 0 Å². The summed E-state index contributed by atoms with van der Waals surface area (Å²) in [7, 11) is 0. The topological polar surface area (TPSA) is 23.8 Å². The molecule has 0 radical (unpaired) electrons. The maximum Gasteiger partial charge on any atom is 0.123 e. The average Bonchev–Trinajstić information content (AvgIpc) is 2.23. The van der Waals surface area contributed by atoms with Gasteiger partial charge in [0.2, 0.25) is 0 Å². The highest BCUT2D eigenvalue weighted by atomic mass is 19.1. The molecule has 0 aliphatic heterocycles. The fourth-order valence-corrected chi connectivity index (χ4v) is 17.0. The highest BCUT2D eigenvalue weighted by molar-refractivity contribution is 5.32. The molecule has 2 heteroatoms. The molecule has 12 saturated carbocycles. The smallest absolute Gasteiger partial charge is 0.123 e. The lowest BCUT2D eigenvalue weighted by Crippen LogP contribution is -2.44. The van der Waals surface area contributed by atoms with Crippen LogP contribution in [0, 0.1) is 142 Å². The van der Waals surface area contributed by atoms with Gasteiger partial charge in [0.15, 0.2) is 0 Å². The molecule has 16 rings (SSSR count). The molecule has 0 unspecified atom stereocenters. The van der Waals surface area contributed by atoms with Gasteiger partial charge in [-0.25, -0.2) is 4.39 Å². The second kappa shape index (κ2) is 40.0. The molecule has 0 amide bonds. The van der Waals surface area contributed by atoms with Gasteiger partial charge in [-0.15, -0.1) is 0 Å². The lowest BCUT2D eigenvalue weighted by atomic mass is 9.51. The Labute approximate surface area is 519 Å². The van der Waals surface area contributed by atoms with E-state index in [1.807, 2.05) is 32.0 Å². The zero-order valence-corrected chi connectivity index (χ0v) is 56.6. The van der Waals surface area contributed by atoms with Crippen LogP contribution in [0.1, 0.15) is 280 Å². The first-order chi connectivity index (χ1) is 40.5. The minimum Gasteiger partial charge on any atom is -0.207 e. The van der Waals surface area contributed by atoms with Gasteiger partial charge < -0.3 is 0 Å². The van der Waals surface area contributed by atoms with E-state index in [-0.39, 0.29) is 5.82 Å². The normalized spacial score (nSPS) is 27.6. The molecule has 8 bridgehead atoms. The fraction of sp³-hybridized carbons (Fsp3) is 0.695. The number of nitrogens with zero attached hydrogens (tertiary/aromatic N) is 1. The van der Waals surface area contributed by atoms with Crippen LogP contribution in [-0.2, 0) is 0 Å². The molecule has 1 nitrogen and oxygen atoms in total. The third kappa shape index (κ3) is 27.6. The van der Waals surface area contributed by atoms with Gasteiger partial charge in [-0.2, -0.15) is 5.26 Å². The van der Waals surface area contributed by atoms with Crippen molar-refractivity contribution in [2.45, 2.75) is 282 Å². The number of nitriles is 1. The van der Waals surface area contributed by atoms with Crippen molar-refractivity contribution in [1.29, 1.82) is 5.26 Å². The van der Waals surface area contributed by atoms with Crippen LogP contribution >= 0.6 is 0 Å². The third-order valence-corrected chi connectivity index (χ3v) is 22.0. The number of hydrogen-bond donors (Lipinski definition) is 0. The van der Waals surface area contributed by atoms with E-state index in [1.165, 1.54) is 169 Å². The summed E-state index contributed by atoms with van der Waals surface area (Å²) >= 11 is 0. The first-order valence-corrected chi connectivity index (χ1v) is 35.8. The van der Waals surface area contributed by atoms with Crippen molar-refractivity contribution in [2.24, 2.45) is 82.9 Å². The highest BCUT2D eigenvalue weighted by Crippen LogP contribution is 2.58. The number of hydrogen-bond acceptors (Lipinski definition) is 1. The van der Waals surface area contributed by atoms with Crippen molar-refractivity contribution in [3.63, 3.8) is 0 Å². The predicted octanol–water partition coefficient (Wildman–Crippen LogP) is 25.5. The molecule has 12 aliphatic rings. The fourth-order valence-electron chi connectivity index (χ4n) is 17.0. The lowest BCUT2D eigenvalue weighted by Gasteiger charge is -2.54. The molecule has 12 fully saturated rings. The Hall–Kier alpha value is -3.70. The van der Waals surface area contributed by atoms with Crippen molar-refractivity contribution in [3.8, 4) is 6.07 Å². The van der Waals surface area contributed by atoms with Crippen molar-refractivity contribution < 1.29 is 4.39 Å². The second-order valence-corrected chi connectivity index (χ2v) is 29.5. The van der Waals surface area contributed by atoms with E-state index < -0.39 is 0 Å². The molecule has 0 atom stereocenters. The van der Waals surface area contributed by atoms with Crippen molar-refractivity contribution in [2.75, 3.05) is 0 Å². The predicted molar refractivity (Wildman–Crippen MR) is 365 cm³/mol. The molecular weight excluding hydrogens is 1020 g/mol. The van der Waals surface area contributed by atoms with Crippen LogP contribution in [0.25, 0.3) is 0 Å². The summed E-state index contributed by atoms with van der Waals surface area (Å²) in [6, 6.07) is 32.9. The molecule has 468 valence electrons. The summed E-state index contributed by atoms with van der Waals surface area (Å²) < 4.78 is 12.1. The van der Waals surface area contributed by atoms with Crippen LogP contribution in [-0.4, -0.2) is 0 Å². The largest absolute Gasteiger partial charge is 0.207 e. The van der Waals surface area contributed by atoms with Crippen molar-refractivity contribution in [3.05, 3.63) is 142 Å². The molecule has 0 heterocycles. The van der Waals surface area contributed by atoms with Gasteiger partial charge in [-0.05, 0) is 218 Å². The maximum atomic E-state index is 12.1. The van der Waals surface area contributed by atoms with Gasteiger partial charge >= 0.3 is 0 Å². The molecular formula is C82H128FN. The standard InChI is InChI=1S/C12H20.C11H18.C8H7N.2C8H10.C8H16.C7H7F.2C7H14.C6H12/c1-2-12-10-4-8-3-9(6-10)7-11(12)5-8;1-7-10-3-8-2-9(5-10)6-11(7)4-8;1-7-3-2-4-8(5-7)6-9;1-7-3-5-8(2)6-4-7;1-7-4-3-5-8(2)6-7;1-2-8-6-4-3-5-7-8;1-6-2-4-7(8)5-3-6;1-7-5-3-2-4-6-7;1-2-7-5-3-4-6-7;1-6-4-2-3-5-6/h8-12H,2-7H2,1H3;7-11H,2-6H2,1H3;2-5H,1H3;2*3-6H,1-2H3;8H,2-7H2,1H3;2-5H,1H3;2*7H,2-6H2,1H3;6H,2-5H2,1H3. The van der Waals surface area contributed by atoms with E-state index in [1.54, 1.807) is 82.4 Å². The number of halogens is 1. The van der Waals surface area contributed by atoms with E-state index >= 15 is 0 Å². The molecule has 84 heavy (non-hydrogen) atoms. The summed E-state index contributed by atoms with van der Waals surface area (Å²) in [5, 5.41) is 8.41. The molecule has 0 N–H and O–H groups in total. The zero-order valence-electron chi connectivity index (χ0n) is 56.6. The quantitative estimate of drug-likeness (QED) is 0.201. The van der Waals surface area contributed by atoms with Crippen molar-refractivity contribution in [1.82, 2.24) is 0 Å². The van der Waals surface area contributed by atoms with E-state index in [0.29, 0.717) is 0 Å². The molecule has 0 saturated heterocycles. The zero-order chi connectivity index (χ0) is 60.6. The molecule has 4 aromatic rings. The van der Waals surface area contributed by atoms with Gasteiger partial charge in [-0.1, -0.05) is 277 Å². The van der Waals surface area contributed by atoms with E-state index in [9.17, 15) is 4.39 Å². The Morgan fingerprint density at radius 2 is 0.690 bits per heavy atom. The summed E-state index contributed by atoms with van der Waals surface area (Å²) in [5.74, 6) is 15.6. The van der Waals surface area contributed by atoms with Gasteiger partial charge in [0.05, 0.1) is 11.6 Å². The van der Waals surface area contributed by atoms with Gasteiger partial charge in [0.1, 0.15) is 5.82 Å². The summed E-state index contributed by atoms with van der Waals surface area (Å²) in [5.41, 5.74) is 8.29. The third-order valence-electron chi connectivity index (χ3n) is 22.0. The first kappa shape index (κ1) is 71.1. The van der Waals surface area contributed by atoms with E-state index in [0.717, 1.165) is 99.5 Å². The SMILES string of the molecule is CC1C2CC3CC(C2)CC1C3.CC1CCCC1.CC1CCCCC1.CCC1C2CC3CC(C2)CC1C3.CCC1CCCC1.CCC1CCCCC1.Cc1ccc(C)cc1.Cc1ccc(F)cc1.Cc1cccc(C#N)c1.Cc1cccc(C)c1. The van der Waals surface area contributed by atoms with Crippen LogP contribution in [0.4, 0.5) is 4.39 Å². The second-order valence-electron chi connectivity index (χ2n) is 29.5. The summed E-state index contributed by atoms with van der Waals surface area (Å²) in [4.78, 5) is 0. The van der Waals surface area contributed by atoms with E-state index in [4.69, 9.17) is 5.26 Å². The molecule has 4 aromatic carbocycles. The number of benzene rings is 4. The van der Waals surface area contributed by atoms with Crippen LogP contribution in [0.15, 0.2) is 97.1 Å². The Bertz CT molecular complexity index is 2170. The highest BCUT2D eigenvalue weighted by Gasteiger charge is 2.47. The Morgan fingerprint density at radius 1 is 0.369 bits per heavy atom. The summed E-state index contributed by atoms with van der Waals surface area (Å²) in [6.07, 6.45) is 47.2. The van der Waals surface area contributed by atoms with Gasteiger partial charge in [-0.3, -0.25) is 0 Å². The summed E-state index contributed by atoms with van der Waals surface area (Å²) in [6.45, 7) is 26.5. The van der Waals surface area contributed by atoms with Gasteiger partial charge in [0.25, 0.3) is 0 Å². The van der Waals surface area contributed by atoms with Gasteiger partial charge in [0, 0.05) is 0 Å². The first-order valence-electron chi connectivity index (χ1n) is 35.8. The molecule has 0 aromatic heterocycles. The molecule has 0 spiro atoms. The Kier molecular flexibility index (Phi) is 33.8. The monoisotopic (exact) mass is 1150 g/mol. The molecule has 12 aliphatic carbocycles. The Balaban J connectivity index is 0.000000172. The minimum atomic E-state index is -0.171. The Morgan fingerprint density at radius 3 is 0.952 bits per heavy atom.